The number of rotatable bonds is 2. The molecule has 0 bridgehead atoms. The van der Waals surface area contributed by atoms with Crippen molar-refractivity contribution in [2.24, 2.45) is 0 Å². The first-order valence-corrected chi connectivity index (χ1v) is 7.76. The Morgan fingerprint density at radius 1 is 1.31 bits per heavy atom. The van der Waals surface area contributed by atoms with Gasteiger partial charge in [-0.15, -0.1) is 0 Å². The molecule has 88 valence electrons. The molecule has 3 heteroatoms. The lowest BCUT2D eigenvalue weighted by Gasteiger charge is -2.31. The predicted octanol–water partition coefficient (Wildman–Crippen LogP) is 3.27. The fourth-order valence-corrected chi connectivity index (χ4v) is 4.87. The summed E-state index contributed by atoms with van der Waals surface area (Å²) in [6, 6.07) is 8.23. The summed E-state index contributed by atoms with van der Waals surface area (Å²) in [5.41, 5.74) is 2.28. The Kier molecular flexibility index (Phi) is 4.22. The van der Waals surface area contributed by atoms with Gasteiger partial charge in [-0.2, -0.15) is 23.5 Å². The Bertz CT molecular complexity index is 354. The first kappa shape index (κ1) is 12.3. The zero-order valence-electron chi connectivity index (χ0n) is 9.72. The molecule has 1 heterocycles. The lowest BCUT2D eigenvalue weighted by molar-refractivity contribution is 0.174. The van der Waals surface area contributed by atoms with Gasteiger partial charge in [0.1, 0.15) is 0 Å². The monoisotopic (exact) mass is 254 g/mol. The first-order chi connectivity index (χ1) is 7.68. The molecule has 1 aliphatic heterocycles. The molecule has 1 N–H and O–H groups in total. The normalized spacial score (nSPS) is 27.7. The van der Waals surface area contributed by atoms with E-state index >= 15 is 0 Å². The molecule has 1 aromatic carbocycles. The maximum absolute atomic E-state index is 10.4. The topological polar surface area (TPSA) is 20.2 Å². The van der Waals surface area contributed by atoms with E-state index in [-0.39, 0.29) is 6.10 Å². The van der Waals surface area contributed by atoms with Crippen LogP contribution in [0, 0.1) is 6.92 Å². The van der Waals surface area contributed by atoms with Gasteiger partial charge in [0.15, 0.2) is 0 Å². The Morgan fingerprint density at radius 2 is 2.06 bits per heavy atom. The van der Waals surface area contributed by atoms with Crippen LogP contribution in [0.1, 0.15) is 24.2 Å². The van der Waals surface area contributed by atoms with Crippen molar-refractivity contribution < 1.29 is 5.11 Å². The van der Waals surface area contributed by atoms with E-state index in [0.29, 0.717) is 10.5 Å². The van der Waals surface area contributed by atoms with Crippen molar-refractivity contribution in [1.82, 2.24) is 0 Å². The van der Waals surface area contributed by atoms with Crippen LogP contribution in [-0.4, -0.2) is 27.1 Å². The SMILES string of the molecule is Cc1cccc(C(O)C2SCCSC2C)c1. The summed E-state index contributed by atoms with van der Waals surface area (Å²) in [6.07, 6.45) is -0.326. The largest absolute Gasteiger partial charge is 0.387 e. The van der Waals surface area contributed by atoms with Crippen molar-refractivity contribution in [1.29, 1.82) is 0 Å². The molecule has 1 saturated heterocycles. The molecular weight excluding hydrogens is 236 g/mol. The molecule has 0 amide bonds. The first-order valence-electron chi connectivity index (χ1n) is 5.66. The lowest BCUT2D eigenvalue weighted by Crippen LogP contribution is -2.29. The molecule has 3 atom stereocenters. The van der Waals surface area contributed by atoms with Crippen LogP contribution in [0.15, 0.2) is 24.3 Å². The number of hydrogen-bond acceptors (Lipinski definition) is 3. The quantitative estimate of drug-likeness (QED) is 0.875. The summed E-state index contributed by atoms with van der Waals surface area (Å²) in [6.45, 7) is 4.29. The highest BCUT2D eigenvalue weighted by atomic mass is 32.2. The second kappa shape index (κ2) is 5.48. The molecule has 0 aliphatic carbocycles. The van der Waals surface area contributed by atoms with Gasteiger partial charge in [-0.25, -0.2) is 0 Å². The van der Waals surface area contributed by atoms with E-state index in [1.54, 1.807) is 0 Å². The zero-order valence-corrected chi connectivity index (χ0v) is 11.4. The molecule has 0 radical (unpaired) electrons. The van der Waals surface area contributed by atoms with Gasteiger partial charge < -0.3 is 5.11 Å². The van der Waals surface area contributed by atoms with E-state index in [2.05, 4.69) is 26.0 Å². The van der Waals surface area contributed by atoms with Gasteiger partial charge in [0.2, 0.25) is 0 Å². The average Bonchev–Trinajstić information content (AvgIpc) is 2.29. The maximum Gasteiger partial charge on any atom is 0.0919 e. The van der Waals surface area contributed by atoms with Gasteiger partial charge in [-0.3, -0.25) is 0 Å². The number of aliphatic hydroxyl groups is 1. The molecule has 0 aromatic heterocycles. The third-order valence-corrected chi connectivity index (χ3v) is 6.11. The van der Waals surface area contributed by atoms with Crippen LogP contribution in [0.2, 0.25) is 0 Å². The predicted molar refractivity (Wildman–Crippen MR) is 74.3 cm³/mol. The van der Waals surface area contributed by atoms with Crippen molar-refractivity contribution >= 4 is 23.5 Å². The zero-order chi connectivity index (χ0) is 11.5. The van der Waals surface area contributed by atoms with E-state index in [4.69, 9.17) is 0 Å². The van der Waals surface area contributed by atoms with E-state index < -0.39 is 0 Å². The molecule has 1 fully saturated rings. The number of thioether (sulfide) groups is 2. The fourth-order valence-electron chi connectivity index (χ4n) is 2.04. The van der Waals surface area contributed by atoms with Crippen molar-refractivity contribution in [3.8, 4) is 0 Å². The highest BCUT2D eigenvalue weighted by molar-refractivity contribution is 8.07. The van der Waals surface area contributed by atoms with Gasteiger partial charge >= 0.3 is 0 Å². The van der Waals surface area contributed by atoms with Gasteiger partial charge in [-0.05, 0) is 12.5 Å². The van der Waals surface area contributed by atoms with Crippen molar-refractivity contribution in [3.05, 3.63) is 35.4 Å². The molecule has 2 rings (SSSR count). The standard InChI is InChI=1S/C13H18OS2/c1-9-4-3-5-11(8-9)12(14)13-10(2)15-6-7-16-13/h3-5,8,10,12-14H,6-7H2,1-2H3. The second-order valence-electron chi connectivity index (χ2n) is 4.27. The molecule has 0 saturated carbocycles. The molecule has 1 nitrogen and oxygen atoms in total. The summed E-state index contributed by atoms with van der Waals surface area (Å²) in [4.78, 5) is 0. The van der Waals surface area contributed by atoms with Crippen LogP contribution in [-0.2, 0) is 0 Å². The van der Waals surface area contributed by atoms with E-state index in [1.165, 1.54) is 11.3 Å². The minimum atomic E-state index is -0.326. The van der Waals surface area contributed by atoms with Crippen molar-refractivity contribution in [2.75, 3.05) is 11.5 Å². The van der Waals surface area contributed by atoms with Gasteiger partial charge in [-0.1, -0.05) is 36.8 Å². The Morgan fingerprint density at radius 3 is 2.75 bits per heavy atom. The molecule has 3 unspecified atom stereocenters. The molecule has 16 heavy (non-hydrogen) atoms. The highest BCUT2D eigenvalue weighted by Crippen LogP contribution is 2.38. The minimum Gasteiger partial charge on any atom is -0.387 e. The van der Waals surface area contributed by atoms with Gasteiger partial charge in [0.25, 0.3) is 0 Å². The number of aryl methyl sites for hydroxylation is 1. The Hall–Kier alpha value is -0.120. The fraction of sp³-hybridized carbons (Fsp3) is 0.538. The number of benzene rings is 1. The van der Waals surface area contributed by atoms with Gasteiger partial charge in [0, 0.05) is 22.0 Å². The van der Waals surface area contributed by atoms with E-state index in [9.17, 15) is 5.11 Å². The highest BCUT2D eigenvalue weighted by Gasteiger charge is 2.29. The minimum absolute atomic E-state index is 0.326. The molecule has 0 spiro atoms. The third-order valence-electron chi connectivity index (χ3n) is 2.93. The Balaban J connectivity index is 2.14. The smallest absolute Gasteiger partial charge is 0.0919 e. The second-order valence-corrected chi connectivity index (χ2v) is 7.04. The van der Waals surface area contributed by atoms with Crippen LogP contribution in [0.4, 0.5) is 0 Å². The van der Waals surface area contributed by atoms with Crippen LogP contribution in [0.25, 0.3) is 0 Å². The summed E-state index contributed by atoms with van der Waals surface area (Å²) in [5, 5.41) is 11.3. The number of aliphatic hydroxyl groups excluding tert-OH is 1. The summed E-state index contributed by atoms with van der Waals surface area (Å²) in [5.74, 6) is 2.37. The van der Waals surface area contributed by atoms with Crippen molar-refractivity contribution in [3.63, 3.8) is 0 Å². The lowest BCUT2D eigenvalue weighted by atomic mass is 10.0. The van der Waals surface area contributed by atoms with Crippen LogP contribution < -0.4 is 0 Å². The summed E-state index contributed by atoms with van der Waals surface area (Å²) < 4.78 is 0. The van der Waals surface area contributed by atoms with E-state index in [1.807, 2.05) is 35.7 Å². The Labute approximate surface area is 106 Å². The van der Waals surface area contributed by atoms with Gasteiger partial charge in [0.05, 0.1) is 6.10 Å². The van der Waals surface area contributed by atoms with Crippen molar-refractivity contribution in [2.45, 2.75) is 30.5 Å². The van der Waals surface area contributed by atoms with Crippen LogP contribution in [0.3, 0.4) is 0 Å². The summed E-state index contributed by atoms with van der Waals surface area (Å²) >= 11 is 3.88. The maximum atomic E-state index is 10.4. The van der Waals surface area contributed by atoms with Crippen LogP contribution >= 0.6 is 23.5 Å². The average molecular weight is 254 g/mol. The van der Waals surface area contributed by atoms with E-state index in [0.717, 1.165) is 11.3 Å². The number of hydrogen-bond donors (Lipinski definition) is 1. The summed E-state index contributed by atoms with van der Waals surface area (Å²) in [7, 11) is 0. The van der Waals surface area contributed by atoms with Crippen LogP contribution in [0.5, 0.6) is 0 Å². The third kappa shape index (κ3) is 2.76. The molecule has 1 aromatic rings. The molecule has 1 aliphatic rings. The molecular formula is C13H18OS2.